The lowest BCUT2D eigenvalue weighted by atomic mass is 9.68. The van der Waals surface area contributed by atoms with Gasteiger partial charge >= 0.3 is 0 Å². The van der Waals surface area contributed by atoms with E-state index in [1.54, 1.807) is 7.11 Å². The minimum absolute atomic E-state index is 0.0372. The molecule has 1 saturated heterocycles. The van der Waals surface area contributed by atoms with Crippen molar-refractivity contribution in [2.24, 2.45) is 5.92 Å². The van der Waals surface area contributed by atoms with Crippen LogP contribution in [0, 0.1) is 12.8 Å². The lowest BCUT2D eigenvalue weighted by Gasteiger charge is -2.42. The fourth-order valence-corrected chi connectivity index (χ4v) is 4.00. The third-order valence-corrected chi connectivity index (χ3v) is 5.78. The highest BCUT2D eigenvalue weighted by Gasteiger charge is 2.41. The van der Waals surface area contributed by atoms with Gasteiger partial charge in [-0.2, -0.15) is 0 Å². The molecule has 1 aliphatic rings. The van der Waals surface area contributed by atoms with Crippen LogP contribution >= 0.6 is 0 Å². The molecule has 4 nitrogen and oxygen atoms in total. The highest BCUT2D eigenvalue weighted by atomic mass is 16.5. The number of hydrogen-bond acceptors (Lipinski definition) is 3. The van der Waals surface area contributed by atoms with E-state index < -0.39 is 0 Å². The summed E-state index contributed by atoms with van der Waals surface area (Å²) >= 11 is 0. The number of rotatable bonds is 6. The number of methoxy groups -OCH3 is 1. The zero-order chi connectivity index (χ0) is 20.1. The van der Waals surface area contributed by atoms with E-state index in [4.69, 9.17) is 9.47 Å². The molecule has 4 heteroatoms. The van der Waals surface area contributed by atoms with Crippen LogP contribution in [0.3, 0.4) is 0 Å². The molecule has 0 radical (unpaired) electrons. The highest BCUT2D eigenvalue weighted by Crippen LogP contribution is 2.42. The van der Waals surface area contributed by atoms with Gasteiger partial charge in [0.2, 0.25) is 5.91 Å². The standard InChI is InChI=1S/C24H31NO3/c1-17(2)22-15-24(13-14-28-22,19-7-5-18(3)6-8-19)16-23(26)25-20-9-11-21(27-4)12-10-20/h5-12,17,22H,13-16H2,1-4H3,(H,25,26)/t22-,24-/m0/s1. The molecule has 3 rings (SSSR count). The van der Waals surface area contributed by atoms with Crippen LogP contribution in [-0.2, 0) is 14.9 Å². The van der Waals surface area contributed by atoms with Crippen molar-refractivity contribution in [3.8, 4) is 5.75 Å². The number of amides is 1. The molecular weight excluding hydrogens is 350 g/mol. The first-order chi connectivity index (χ1) is 13.4. The monoisotopic (exact) mass is 381 g/mol. The predicted octanol–water partition coefficient (Wildman–Crippen LogP) is 5.11. The number of nitrogens with one attached hydrogen (secondary N) is 1. The second-order valence-electron chi connectivity index (χ2n) is 8.21. The quantitative estimate of drug-likeness (QED) is 0.757. The summed E-state index contributed by atoms with van der Waals surface area (Å²) in [5.41, 5.74) is 3.06. The second-order valence-corrected chi connectivity index (χ2v) is 8.21. The molecule has 0 spiro atoms. The molecular formula is C24H31NO3. The zero-order valence-electron chi connectivity index (χ0n) is 17.3. The molecule has 1 fully saturated rings. The van der Waals surface area contributed by atoms with Crippen molar-refractivity contribution in [3.63, 3.8) is 0 Å². The van der Waals surface area contributed by atoms with Gasteiger partial charge in [-0.25, -0.2) is 0 Å². The smallest absolute Gasteiger partial charge is 0.225 e. The first-order valence-electron chi connectivity index (χ1n) is 10.0. The SMILES string of the molecule is COc1ccc(NC(=O)C[C@]2(c3ccc(C)cc3)CCO[C@H](C(C)C)C2)cc1. The minimum atomic E-state index is -0.197. The van der Waals surface area contributed by atoms with Gasteiger partial charge in [0.15, 0.2) is 0 Å². The number of hydrogen-bond donors (Lipinski definition) is 1. The first-order valence-corrected chi connectivity index (χ1v) is 10.0. The molecule has 1 N–H and O–H groups in total. The Morgan fingerprint density at radius 2 is 1.86 bits per heavy atom. The van der Waals surface area contributed by atoms with Gasteiger partial charge in [-0.3, -0.25) is 4.79 Å². The Morgan fingerprint density at radius 3 is 2.46 bits per heavy atom. The number of carbonyl (C=O) groups excluding carboxylic acids is 1. The van der Waals surface area contributed by atoms with Gasteiger partial charge in [-0.15, -0.1) is 0 Å². The van der Waals surface area contributed by atoms with Crippen LogP contribution in [-0.4, -0.2) is 25.7 Å². The summed E-state index contributed by atoms with van der Waals surface area (Å²) in [6, 6.07) is 16.1. The van der Waals surface area contributed by atoms with E-state index in [-0.39, 0.29) is 17.4 Å². The largest absolute Gasteiger partial charge is 0.497 e. The van der Waals surface area contributed by atoms with Gasteiger partial charge in [0.1, 0.15) is 5.75 Å². The number of ether oxygens (including phenoxy) is 2. The average molecular weight is 382 g/mol. The summed E-state index contributed by atoms with van der Waals surface area (Å²) in [6.07, 6.45) is 2.34. The molecule has 0 unspecified atom stereocenters. The maximum absolute atomic E-state index is 13.0. The van der Waals surface area contributed by atoms with Crippen molar-refractivity contribution in [2.75, 3.05) is 19.0 Å². The number of aryl methyl sites for hydroxylation is 1. The Morgan fingerprint density at radius 1 is 1.18 bits per heavy atom. The van der Waals surface area contributed by atoms with E-state index in [1.807, 2.05) is 24.3 Å². The van der Waals surface area contributed by atoms with Crippen LogP contribution < -0.4 is 10.1 Å². The van der Waals surface area contributed by atoms with E-state index in [2.05, 4.69) is 50.4 Å². The van der Waals surface area contributed by atoms with Crippen LogP contribution in [0.25, 0.3) is 0 Å². The molecule has 28 heavy (non-hydrogen) atoms. The van der Waals surface area contributed by atoms with E-state index in [9.17, 15) is 4.79 Å². The summed E-state index contributed by atoms with van der Waals surface area (Å²) in [6.45, 7) is 7.15. The summed E-state index contributed by atoms with van der Waals surface area (Å²) in [5.74, 6) is 1.24. The van der Waals surface area contributed by atoms with E-state index >= 15 is 0 Å². The van der Waals surface area contributed by atoms with Crippen molar-refractivity contribution in [1.29, 1.82) is 0 Å². The fraction of sp³-hybridized carbons (Fsp3) is 0.458. The summed E-state index contributed by atoms with van der Waals surface area (Å²) in [7, 11) is 1.63. The highest BCUT2D eigenvalue weighted by molar-refractivity contribution is 5.91. The Hall–Kier alpha value is -2.33. The van der Waals surface area contributed by atoms with Crippen molar-refractivity contribution in [1.82, 2.24) is 0 Å². The summed E-state index contributed by atoms with van der Waals surface area (Å²) in [5, 5.41) is 3.06. The molecule has 0 saturated carbocycles. The first kappa shape index (κ1) is 20.4. The Labute approximate surface area is 168 Å². The zero-order valence-corrected chi connectivity index (χ0v) is 17.3. The molecule has 1 amide bonds. The Kier molecular flexibility index (Phi) is 6.40. The van der Waals surface area contributed by atoms with Crippen LogP contribution in [0.4, 0.5) is 5.69 Å². The molecule has 1 heterocycles. The number of benzene rings is 2. The van der Waals surface area contributed by atoms with Gasteiger partial charge in [0.05, 0.1) is 13.2 Å². The summed E-state index contributed by atoms with van der Waals surface area (Å²) in [4.78, 5) is 13.0. The minimum Gasteiger partial charge on any atom is -0.497 e. The van der Waals surface area contributed by atoms with Crippen LogP contribution in [0.1, 0.15) is 44.2 Å². The molecule has 0 aromatic heterocycles. The maximum Gasteiger partial charge on any atom is 0.225 e. The van der Waals surface area contributed by atoms with Crippen molar-refractivity contribution < 1.29 is 14.3 Å². The van der Waals surface area contributed by atoms with Crippen molar-refractivity contribution >= 4 is 11.6 Å². The summed E-state index contributed by atoms with van der Waals surface area (Å²) < 4.78 is 11.2. The molecule has 150 valence electrons. The van der Waals surface area contributed by atoms with Gasteiger partial charge < -0.3 is 14.8 Å². The lowest BCUT2D eigenvalue weighted by Crippen LogP contribution is -2.43. The third-order valence-electron chi connectivity index (χ3n) is 5.78. The lowest BCUT2D eigenvalue weighted by molar-refractivity contribution is -0.119. The maximum atomic E-state index is 13.0. The molecule has 1 aliphatic heterocycles. The Bertz CT molecular complexity index is 783. The van der Waals surface area contributed by atoms with Gasteiger partial charge in [0.25, 0.3) is 0 Å². The fourth-order valence-electron chi connectivity index (χ4n) is 4.00. The number of anilines is 1. The van der Waals surface area contributed by atoms with Crippen LogP contribution in [0.2, 0.25) is 0 Å². The number of carbonyl (C=O) groups is 1. The second kappa shape index (κ2) is 8.78. The molecule has 0 aliphatic carbocycles. The van der Waals surface area contributed by atoms with E-state index in [1.165, 1.54) is 11.1 Å². The topological polar surface area (TPSA) is 47.6 Å². The van der Waals surface area contributed by atoms with Crippen molar-refractivity contribution in [2.45, 2.75) is 51.6 Å². The van der Waals surface area contributed by atoms with Gasteiger partial charge in [-0.1, -0.05) is 43.7 Å². The third kappa shape index (κ3) is 4.74. The van der Waals surface area contributed by atoms with Gasteiger partial charge in [0, 0.05) is 24.1 Å². The molecule has 0 bridgehead atoms. The Balaban J connectivity index is 1.82. The van der Waals surface area contributed by atoms with Crippen LogP contribution in [0.5, 0.6) is 5.75 Å². The molecule has 2 aromatic rings. The molecule has 2 aromatic carbocycles. The molecule has 2 atom stereocenters. The normalized spacial score (nSPS) is 22.1. The van der Waals surface area contributed by atoms with E-state index in [0.29, 0.717) is 18.9 Å². The van der Waals surface area contributed by atoms with Crippen molar-refractivity contribution in [3.05, 3.63) is 59.7 Å². The average Bonchev–Trinajstić information content (AvgIpc) is 2.69. The predicted molar refractivity (Wildman–Crippen MR) is 113 cm³/mol. The van der Waals surface area contributed by atoms with E-state index in [0.717, 1.165) is 24.3 Å². The van der Waals surface area contributed by atoms with Crippen LogP contribution in [0.15, 0.2) is 48.5 Å². The van der Waals surface area contributed by atoms with Gasteiger partial charge in [-0.05, 0) is 55.5 Å².